The Balaban J connectivity index is 2.75. The minimum atomic E-state index is -0.652. The van der Waals surface area contributed by atoms with Crippen LogP contribution >= 0.6 is 0 Å². The Kier molecular flexibility index (Phi) is 2.82. The highest BCUT2D eigenvalue weighted by atomic mass is 16.1. The first-order valence-electron chi connectivity index (χ1n) is 4.12. The lowest BCUT2D eigenvalue weighted by molar-refractivity contribution is 0.0929. The molecule has 0 bridgehead atoms. The number of nitrogens with one attached hydrogen (secondary N) is 1. The number of carbonyl (C=O) groups excluding carboxylic acids is 1. The highest BCUT2D eigenvalue weighted by Gasteiger charge is 2.17. The number of terminal acetylenes is 1. The molecule has 0 aliphatic rings. The Labute approximate surface area is 82.7 Å². The van der Waals surface area contributed by atoms with E-state index in [1.807, 2.05) is 0 Å². The average Bonchev–Trinajstić information content (AvgIpc) is 2.19. The standard InChI is InChI=1S/C10H11N3O/c1-4-10(2,3)13-9(14)8-5-6-11-12-7-8/h1,5-7H,2-3H3,(H,13,14). The van der Waals surface area contributed by atoms with Gasteiger partial charge in [-0.2, -0.15) is 10.2 Å². The highest BCUT2D eigenvalue weighted by Crippen LogP contribution is 2.02. The molecule has 0 spiro atoms. The first kappa shape index (κ1) is 10.2. The van der Waals surface area contributed by atoms with E-state index in [4.69, 9.17) is 6.42 Å². The van der Waals surface area contributed by atoms with Gasteiger partial charge in [0.05, 0.1) is 23.5 Å². The number of carbonyl (C=O) groups is 1. The normalized spacial score (nSPS) is 10.4. The molecule has 1 heterocycles. The van der Waals surface area contributed by atoms with Gasteiger partial charge in [0.25, 0.3) is 5.91 Å². The summed E-state index contributed by atoms with van der Waals surface area (Å²) in [5.74, 6) is 2.23. The number of aromatic nitrogens is 2. The van der Waals surface area contributed by atoms with Gasteiger partial charge >= 0.3 is 0 Å². The average molecular weight is 189 g/mol. The van der Waals surface area contributed by atoms with Gasteiger partial charge in [-0.05, 0) is 19.9 Å². The SMILES string of the molecule is C#CC(C)(C)NC(=O)c1ccnnc1. The van der Waals surface area contributed by atoms with Crippen molar-refractivity contribution >= 4 is 5.91 Å². The molecule has 1 amide bonds. The van der Waals surface area contributed by atoms with Crippen molar-refractivity contribution in [3.63, 3.8) is 0 Å². The van der Waals surface area contributed by atoms with E-state index in [1.54, 1.807) is 19.9 Å². The Morgan fingerprint density at radius 3 is 2.79 bits per heavy atom. The summed E-state index contributed by atoms with van der Waals surface area (Å²) >= 11 is 0. The number of hydrogen-bond donors (Lipinski definition) is 1. The number of rotatable bonds is 2. The van der Waals surface area contributed by atoms with Gasteiger partial charge in [0.2, 0.25) is 0 Å². The fourth-order valence-corrected chi connectivity index (χ4v) is 0.817. The maximum absolute atomic E-state index is 11.5. The quantitative estimate of drug-likeness (QED) is 0.694. The van der Waals surface area contributed by atoms with E-state index in [2.05, 4.69) is 21.4 Å². The molecule has 4 heteroatoms. The molecule has 1 aromatic rings. The second kappa shape index (κ2) is 3.88. The summed E-state index contributed by atoms with van der Waals surface area (Å²) in [7, 11) is 0. The summed E-state index contributed by atoms with van der Waals surface area (Å²) in [5, 5.41) is 9.85. The third-order valence-electron chi connectivity index (χ3n) is 1.63. The summed E-state index contributed by atoms with van der Waals surface area (Å²) in [4.78, 5) is 11.5. The van der Waals surface area contributed by atoms with Crippen molar-refractivity contribution in [1.29, 1.82) is 0 Å². The van der Waals surface area contributed by atoms with E-state index in [0.29, 0.717) is 5.56 Å². The van der Waals surface area contributed by atoms with Crippen LogP contribution in [0.3, 0.4) is 0 Å². The van der Waals surface area contributed by atoms with Gasteiger partial charge in [-0.25, -0.2) is 0 Å². The van der Waals surface area contributed by atoms with Gasteiger partial charge in [0.1, 0.15) is 0 Å². The van der Waals surface area contributed by atoms with E-state index in [0.717, 1.165) is 0 Å². The smallest absolute Gasteiger partial charge is 0.254 e. The molecule has 4 nitrogen and oxygen atoms in total. The molecule has 14 heavy (non-hydrogen) atoms. The molecule has 0 aliphatic heterocycles. The molecule has 1 aromatic heterocycles. The van der Waals surface area contributed by atoms with Crippen molar-refractivity contribution in [2.24, 2.45) is 0 Å². The van der Waals surface area contributed by atoms with Crippen LogP contribution in [0.25, 0.3) is 0 Å². The topological polar surface area (TPSA) is 54.9 Å². The van der Waals surface area contributed by atoms with Gasteiger partial charge in [0.15, 0.2) is 0 Å². The first-order valence-corrected chi connectivity index (χ1v) is 4.12. The predicted octanol–water partition coefficient (Wildman–Crippen LogP) is 0.618. The van der Waals surface area contributed by atoms with Crippen LogP contribution in [0.5, 0.6) is 0 Å². The summed E-state index contributed by atoms with van der Waals surface area (Å²) in [6.07, 6.45) is 8.09. The molecule has 0 radical (unpaired) electrons. The molecule has 0 fully saturated rings. The zero-order chi connectivity index (χ0) is 10.6. The summed E-state index contributed by atoms with van der Waals surface area (Å²) in [6, 6.07) is 1.58. The van der Waals surface area contributed by atoms with Gasteiger partial charge in [-0.1, -0.05) is 5.92 Å². The van der Waals surface area contributed by atoms with E-state index >= 15 is 0 Å². The summed E-state index contributed by atoms with van der Waals surface area (Å²) < 4.78 is 0. The van der Waals surface area contributed by atoms with Crippen LogP contribution in [0.1, 0.15) is 24.2 Å². The van der Waals surface area contributed by atoms with Crippen LogP contribution in [0, 0.1) is 12.3 Å². The second-order valence-corrected chi connectivity index (χ2v) is 3.35. The molecule has 1 N–H and O–H groups in total. The van der Waals surface area contributed by atoms with Crippen molar-refractivity contribution in [3.8, 4) is 12.3 Å². The van der Waals surface area contributed by atoms with E-state index in [9.17, 15) is 4.79 Å². The largest absolute Gasteiger partial charge is 0.336 e. The maximum Gasteiger partial charge on any atom is 0.254 e. The zero-order valence-electron chi connectivity index (χ0n) is 8.11. The third kappa shape index (κ3) is 2.56. The molecule has 0 saturated heterocycles. The van der Waals surface area contributed by atoms with Crippen molar-refractivity contribution in [1.82, 2.24) is 15.5 Å². The van der Waals surface area contributed by atoms with Crippen LogP contribution in [0.4, 0.5) is 0 Å². The minimum absolute atomic E-state index is 0.247. The lowest BCUT2D eigenvalue weighted by Gasteiger charge is -2.19. The van der Waals surface area contributed by atoms with Gasteiger partial charge in [-0.15, -0.1) is 6.42 Å². The molecular weight excluding hydrogens is 178 g/mol. The predicted molar refractivity (Wildman–Crippen MR) is 52.4 cm³/mol. The van der Waals surface area contributed by atoms with Crippen LogP contribution in [-0.2, 0) is 0 Å². The Hall–Kier alpha value is -1.89. The van der Waals surface area contributed by atoms with Crippen molar-refractivity contribution in [2.75, 3.05) is 0 Å². The first-order chi connectivity index (χ1) is 6.55. The molecule has 0 atom stereocenters. The van der Waals surface area contributed by atoms with Crippen LogP contribution in [-0.4, -0.2) is 21.6 Å². The second-order valence-electron chi connectivity index (χ2n) is 3.35. The molecule has 72 valence electrons. The Morgan fingerprint density at radius 2 is 2.29 bits per heavy atom. The molecule has 0 unspecified atom stereocenters. The van der Waals surface area contributed by atoms with Crippen LogP contribution in [0.15, 0.2) is 18.5 Å². The Bertz CT molecular complexity index is 365. The van der Waals surface area contributed by atoms with Crippen LogP contribution < -0.4 is 5.32 Å². The number of hydrogen-bond acceptors (Lipinski definition) is 3. The van der Waals surface area contributed by atoms with Crippen LogP contribution in [0.2, 0.25) is 0 Å². The lowest BCUT2D eigenvalue weighted by atomic mass is 10.1. The fraction of sp³-hybridized carbons (Fsp3) is 0.300. The van der Waals surface area contributed by atoms with E-state index in [1.165, 1.54) is 12.4 Å². The van der Waals surface area contributed by atoms with Gasteiger partial charge in [0, 0.05) is 0 Å². The maximum atomic E-state index is 11.5. The summed E-state index contributed by atoms with van der Waals surface area (Å²) in [5.41, 5.74) is -0.205. The molecule has 0 aromatic carbocycles. The lowest BCUT2D eigenvalue weighted by Crippen LogP contribution is -2.42. The molecular formula is C10H11N3O. The zero-order valence-corrected chi connectivity index (χ0v) is 8.11. The molecule has 0 saturated carbocycles. The third-order valence-corrected chi connectivity index (χ3v) is 1.63. The molecule has 0 aliphatic carbocycles. The summed E-state index contributed by atoms with van der Waals surface area (Å²) in [6.45, 7) is 3.50. The molecule has 1 rings (SSSR count). The number of amides is 1. The van der Waals surface area contributed by atoms with Crippen molar-refractivity contribution in [3.05, 3.63) is 24.0 Å². The van der Waals surface area contributed by atoms with Crippen molar-refractivity contribution in [2.45, 2.75) is 19.4 Å². The van der Waals surface area contributed by atoms with Gasteiger partial charge < -0.3 is 5.32 Å². The van der Waals surface area contributed by atoms with E-state index in [-0.39, 0.29) is 5.91 Å². The highest BCUT2D eigenvalue weighted by molar-refractivity contribution is 5.94. The van der Waals surface area contributed by atoms with Gasteiger partial charge in [-0.3, -0.25) is 4.79 Å². The van der Waals surface area contributed by atoms with E-state index < -0.39 is 5.54 Å². The van der Waals surface area contributed by atoms with Crippen molar-refractivity contribution < 1.29 is 4.79 Å². The number of nitrogens with zero attached hydrogens (tertiary/aromatic N) is 2. The monoisotopic (exact) mass is 189 g/mol. The minimum Gasteiger partial charge on any atom is -0.336 e. The fourth-order valence-electron chi connectivity index (χ4n) is 0.817. The Morgan fingerprint density at radius 1 is 1.57 bits per heavy atom.